The fourth-order valence-electron chi connectivity index (χ4n) is 3.38. The molecule has 0 radical (unpaired) electrons. The fourth-order valence-corrected chi connectivity index (χ4v) is 3.38. The monoisotopic (exact) mass is 388 g/mol. The van der Waals surface area contributed by atoms with Gasteiger partial charge in [-0.05, 0) is 30.3 Å². The van der Waals surface area contributed by atoms with Crippen LogP contribution < -0.4 is 9.47 Å². The molecule has 150 valence electrons. The van der Waals surface area contributed by atoms with Crippen LogP contribution in [0.1, 0.15) is 22.0 Å². The van der Waals surface area contributed by atoms with E-state index in [1.54, 1.807) is 49.5 Å². The van der Waals surface area contributed by atoms with E-state index in [1.165, 1.54) is 12.1 Å². The summed E-state index contributed by atoms with van der Waals surface area (Å²) in [5.74, 6) is 0.444. The molecule has 0 aromatic heterocycles. The number of piperazine rings is 1. The predicted molar refractivity (Wildman–Crippen MR) is 103 cm³/mol. The lowest BCUT2D eigenvalue weighted by Gasteiger charge is -2.35. The fraction of sp³-hybridized carbons (Fsp3) is 0.381. The Morgan fingerprint density at radius 3 is 2.46 bits per heavy atom. The molecule has 6 nitrogen and oxygen atoms in total. The Kier molecular flexibility index (Phi) is 6.49. The van der Waals surface area contributed by atoms with Gasteiger partial charge in [-0.2, -0.15) is 0 Å². The van der Waals surface area contributed by atoms with Crippen molar-refractivity contribution in [2.75, 3.05) is 46.9 Å². The Hall–Kier alpha value is -2.64. The van der Waals surface area contributed by atoms with Gasteiger partial charge in [-0.25, -0.2) is 4.39 Å². The number of methoxy groups -OCH3 is 2. The average molecular weight is 388 g/mol. The number of rotatable bonds is 6. The van der Waals surface area contributed by atoms with E-state index in [-0.39, 0.29) is 11.5 Å². The number of halogens is 1. The first-order valence-corrected chi connectivity index (χ1v) is 9.19. The van der Waals surface area contributed by atoms with Crippen LogP contribution >= 0.6 is 0 Å². The number of aliphatic hydroxyl groups excluding tert-OH is 1. The van der Waals surface area contributed by atoms with Crippen LogP contribution in [0.2, 0.25) is 0 Å². The minimum Gasteiger partial charge on any atom is -0.497 e. The van der Waals surface area contributed by atoms with Crippen LogP contribution in [0.25, 0.3) is 0 Å². The largest absolute Gasteiger partial charge is 0.497 e. The highest BCUT2D eigenvalue weighted by Crippen LogP contribution is 2.30. The first-order valence-electron chi connectivity index (χ1n) is 9.19. The molecule has 2 aromatic rings. The van der Waals surface area contributed by atoms with E-state index in [0.29, 0.717) is 49.8 Å². The third kappa shape index (κ3) is 4.43. The minimum absolute atomic E-state index is 0.0945. The topological polar surface area (TPSA) is 62.2 Å². The van der Waals surface area contributed by atoms with Crippen LogP contribution in [0.3, 0.4) is 0 Å². The molecular weight excluding hydrogens is 363 g/mol. The number of amides is 1. The summed E-state index contributed by atoms with van der Waals surface area (Å²) in [5.41, 5.74) is 0.754. The van der Waals surface area contributed by atoms with E-state index in [1.807, 2.05) is 0 Å². The van der Waals surface area contributed by atoms with E-state index in [0.717, 1.165) is 0 Å². The smallest absolute Gasteiger partial charge is 0.256 e. The van der Waals surface area contributed by atoms with Gasteiger partial charge in [0.1, 0.15) is 17.3 Å². The zero-order valence-corrected chi connectivity index (χ0v) is 16.1. The van der Waals surface area contributed by atoms with E-state index < -0.39 is 11.9 Å². The predicted octanol–water partition coefficient (Wildman–Crippen LogP) is 2.33. The van der Waals surface area contributed by atoms with Crippen molar-refractivity contribution < 1.29 is 23.8 Å². The molecule has 1 N–H and O–H groups in total. The molecule has 0 bridgehead atoms. The first-order chi connectivity index (χ1) is 13.5. The molecule has 3 rings (SSSR count). The quantitative estimate of drug-likeness (QED) is 0.823. The third-order valence-corrected chi connectivity index (χ3v) is 4.99. The summed E-state index contributed by atoms with van der Waals surface area (Å²) in [6, 6.07) is 11.3. The number of benzene rings is 2. The van der Waals surface area contributed by atoms with Gasteiger partial charge in [0, 0.05) is 38.3 Å². The lowest BCUT2D eigenvalue weighted by atomic mass is 10.1. The molecule has 0 saturated carbocycles. The minimum atomic E-state index is -0.751. The van der Waals surface area contributed by atoms with Crippen LogP contribution in [0.15, 0.2) is 42.5 Å². The molecule has 1 fully saturated rings. The Bertz CT molecular complexity index is 822. The van der Waals surface area contributed by atoms with Gasteiger partial charge >= 0.3 is 0 Å². The van der Waals surface area contributed by atoms with Gasteiger partial charge in [0.15, 0.2) is 0 Å². The van der Waals surface area contributed by atoms with Crippen molar-refractivity contribution in [2.24, 2.45) is 0 Å². The summed E-state index contributed by atoms with van der Waals surface area (Å²) in [5, 5.41) is 10.7. The van der Waals surface area contributed by atoms with Crippen molar-refractivity contribution in [1.82, 2.24) is 9.80 Å². The molecule has 1 aliphatic heterocycles. The summed E-state index contributed by atoms with van der Waals surface area (Å²) < 4.78 is 24.4. The number of carbonyl (C=O) groups is 1. The zero-order valence-electron chi connectivity index (χ0n) is 16.1. The Labute approximate surface area is 164 Å². The van der Waals surface area contributed by atoms with Crippen molar-refractivity contribution >= 4 is 5.91 Å². The lowest BCUT2D eigenvalue weighted by molar-refractivity contribution is 0.0520. The molecule has 1 amide bonds. The van der Waals surface area contributed by atoms with Crippen molar-refractivity contribution in [3.63, 3.8) is 0 Å². The number of ether oxygens (including phenoxy) is 2. The van der Waals surface area contributed by atoms with Crippen molar-refractivity contribution in [3.05, 3.63) is 59.4 Å². The molecule has 1 atom stereocenters. The summed E-state index contributed by atoms with van der Waals surface area (Å²) >= 11 is 0. The number of hydrogen-bond donors (Lipinski definition) is 1. The number of aliphatic hydroxyl groups is 1. The highest BCUT2D eigenvalue weighted by atomic mass is 19.1. The van der Waals surface area contributed by atoms with Gasteiger partial charge in [-0.15, -0.1) is 0 Å². The van der Waals surface area contributed by atoms with Crippen molar-refractivity contribution in [1.29, 1.82) is 0 Å². The second-order valence-corrected chi connectivity index (χ2v) is 6.70. The third-order valence-electron chi connectivity index (χ3n) is 4.99. The van der Waals surface area contributed by atoms with Crippen LogP contribution in [0.4, 0.5) is 4.39 Å². The normalized spacial score (nSPS) is 15.9. The first kappa shape index (κ1) is 20.1. The molecule has 1 heterocycles. The number of β-amino-alcohol motifs (C(OH)–C–C–N with tert-alkyl or cyclic N) is 1. The van der Waals surface area contributed by atoms with Gasteiger partial charge in [-0.3, -0.25) is 9.69 Å². The average Bonchev–Trinajstić information content (AvgIpc) is 2.73. The molecule has 7 heteroatoms. The standard InChI is InChI=1S/C21H25FN2O4/c1-27-15-7-8-20(28-2)17(13-15)19(25)14-23-9-11-24(12-10-23)21(26)16-5-3-4-6-18(16)22/h3-8,13,19,25H,9-12,14H2,1-2H3/t19-/m0/s1. The summed E-state index contributed by atoms with van der Waals surface area (Å²) in [6.07, 6.45) is -0.751. The van der Waals surface area contributed by atoms with Crippen LogP contribution in [0.5, 0.6) is 11.5 Å². The Morgan fingerprint density at radius 2 is 1.82 bits per heavy atom. The number of hydrogen-bond acceptors (Lipinski definition) is 5. The zero-order chi connectivity index (χ0) is 20.1. The molecule has 2 aromatic carbocycles. The van der Waals surface area contributed by atoms with Gasteiger partial charge in [0.05, 0.1) is 25.9 Å². The highest BCUT2D eigenvalue weighted by molar-refractivity contribution is 5.94. The maximum Gasteiger partial charge on any atom is 0.256 e. The second-order valence-electron chi connectivity index (χ2n) is 6.70. The summed E-state index contributed by atoms with van der Waals surface area (Å²) in [7, 11) is 3.13. The Balaban J connectivity index is 1.60. The molecule has 0 spiro atoms. The second kappa shape index (κ2) is 9.03. The maximum absolute atomic E-state index is 13.9. The summed E-state index contributed by atoms with van der Waals surface area (Å²) in [6.45, 7) is 2.57. The lowest BCUT2D eigenvalue weighted by Crippen LogP contribution is -2.49. The van der Waals surface area contributed by atoms with E-state index in [4.69, 9.17) is 9.47 Å². The van der Waals surface area contributed by atoms with E-state index in [9.17, 15) is 14.3 Å². The van der Waals surface area contributed by atoms with Gasteiger partial charge in [0.2, 0.25) is 0 Å². The molecule has 1 saturated heterocycles. The number of nitrogens with zero attached hydrogens (tertiary/aromatic N) is 2. The molecule has 28 heavy (non-hydrogen) atoms. The Morgan fingerprint density at radius 1 is 1.11 bits per heavy atom. The number of carbonyl (C=O) groups excluding carboxylic acids is 1. The maximum atomic E-state index is 13.9. The van der Waals surface area contributed by atoms with Gasteiger partial charge < -0.3 is 19.5 Å². The van der Waals surface area contributed by atoms with E-state index >= 15 is 0 Å². The van der Waals surface area contributed by atoms with Gasteiger partial charge in [-0.1, -0.05) is 12.1 Å². The molecular formula is C21H25FN2O4. The van der Waals surface area contributed by atoms with Crippen molar-refractivity contribution in [2.45, 2.75) is 6.10 Å². The van der Waals surface area contributed by atoms with Crippen LogP contribution in [-0.2, 0) is 0 Å². The van der Waals surface area contributed by atoms with Gasteiger partial charge in [0.25, 0.3) is 5.91 Å². The van der Waals surface area contributed by atoms with Crippen molar-refractivity contribution in [3.8, 4) is 11.5 Å². The van der Waals surface area contributed by atoms with E-state index in [2.05, 4.69) is 4.90 Å². The van der Waals surface area contributed by atoms with Crippen LogP contribution in [0, 0.1) is 5.82 Å². The SMILES string of the molecule is COc1ccc(OC)c([C@@H](O)CN2CCN(C(=O)c3ccccc3F)CC2)c1. The molecule has 0 unspecified atom stereocenters. The summed E-state index contributed by atoms with van der Waals surface area (Å²) in [4.78, 5) is 16.2. The van der Waals surface area contributed by atoms with Crippen LogP contribution in [-0.4, -0.2) is 67.8 Å². The highest BCUT2D eigenvalue weighted by Gasteiger charge is 2.26. The molecule has 0 aliphatic carbocycles. The molecule has 1 aliphatic rings.